The van der Waals surface area contributed by atoms with Crippen molar-refractivity contribution >= 4 is 56.7 Å². The highest BCUT2D eigenvalue weighted by Gasteiger charge is 2.18. The van der Waals surface area contributed by atoms with Crippen LogP contribution in [0.25, 0.3) is 0 Å². The fraction of sp³-hybridized carbons (Fsp3) is 0.222. The molecular formula is C18H16I2NO5+. The van der Waals surface area contributed by atoms with Crippen LogP contribution < -0.4 is 0 Å². The number of benzene rings is 2. The van der Waals surface area contributed by atoms with Crippen LogP contribution in [0.4, 0.5) is 0 Å². The topological polar surface area (TPSA) is 72.7 Å². The Morgan fingerprint density at radius 3 is 1.42 bits per heavy atom. The second kappa shape index (κ2) is 10.6. The van der Waals surface area contributed by atoms with Crippen LogP contribution in [0.15, 0.2) is 48.5 Å². The van der Waals surface area contributed by atoms with Crippen molar-refractivity contribution in [1.29, 1.82) is 0 Å². The van der Waals surface area contributed by atoms with Crippen molar-refractivity contribution in [3.05, 3.63) is 71.7 Å². The summed E-state index contributed by atoms with van der Waals surface area (Å²) in [6, 6.07) is 14.9. The van der Waals surface area contributed by atoms with Gasteiger partial charge in [0, 0.05) is 20.0 Å². The molecule has 0 saturated carbocycles. The molecule has 2 aromatic carbocycles. The Balaban J connectivity index is 1.66. The normalized spacial score (nSPS) is 10.2. The average Bonchev–Trinajstić information content (AvgIpc) is 2.62. The van der Waals surface area contributed by atoms with Gasteiger partial charge in [0.25, 0.3) is 0 Å². The summed E-state index contributed by atoms with van der Waals surface area (Å²) >= 11 is 4.35. The monoisotopic (exact) mass is 580 g/mol. The maximum Gasteiger partial charge on any atom is 0.478 e. The second-order valence-electron chi connectivity index (χ2n) is 5.45. The molecule has 8 heteroatoms. The maximum atomic E-state index is 11.8. The number of carbonyl (C=O) groups is 2. The van der Waals surface area contributed by atoms with E-state index in [4.69, 9.17) is 0 Å². The van der Waals surface area contributed by atoms with E-state index in [2.05, 4.69) is 54.9 Å². The van der Waals surface area contributed by atoms with Crippen LogP contribution in [0.2, 0.25) is 0 Å². The molecule has 0 aliphatic carbocycles. The molecule has 0 aliphatic heterocycles. The molecule has 0 saturated heterocycles. The third-order valence-electron chi connectivity index (χ3n) is 3.29. The third kappa shape index (κ3) is 7.77. The van der Waals surface area contributed by atoms with Gasteiger partial charge >= 0.3 is 5.09 Å². The van der Waals surface area contributed by atoms with Crippen LogP contribution in [0.1, 0.15) is 11.1 Å². The van der Waals surface area contributed by atoms with Crippen LogP contribution in [-0.2, 0) is 32.1 Å². The van der Waals surface area contributed by atoms with Crippen LogP contribution in [0, 0.1) is 12.0 Å². The summed E-state index contributed by atoms with van der Waals surface area (Å²) in [7, 11) is 0. The first-order valence-electron chi connectivity index (χ1n) is 7.68. The largest absolute Gasteiger partial charge is 0.478 e. The lowest BCUT2D eigenvalue weighted by Crippen LogP contribution is -2.21. The number of hydrogen-bond acceptors (Lipinski definition) is 5. The zero-order chi connectivity index (χ0) is 18.9. The van der Waals surface area contributed by atoms with Crippen molar-refractivity contribution in [3.8, 4) is 0 Å². The molecule has 0 atom stereocenters. The van der Waals surface area contributed by atoms with E-state index in [1.165, 1.54) is 0 Å². The van der Waals surface area contributed by atoms with E-state index in [1.54, 1.807) is 0 Å². The van der Waals surface area contributed by atoms with Crippen molar-refractivity contribution < 1.29 is 24.4 Å². The van der Waals surface area contributed by atoms with Crippen LogP contribution in [0.3, 0.4) is 0 Å². The summed E-state index contributed by atoms with van der Waals surface area (Å²) in [5, 5.41) is -0.183. The molecule has 0 aliphatic rings. The summed E-state index contributed by atoms with van der Waals surface area (Å²) < 4.78 is 2.15. The van der Waals surface area contributed by atoms with E-state index in [0.29, 0.717) is 0 Å². The first-order valence-corrected chi connectivity index (χ1v) is 9.83. The van der Waals surface area contributed by atoms with Gasteiger partial charge in [0.1, 0.15) is 4.91 Å². The van der Waals surface area contributed by atoms with Gasteiger partial charge in [0.05, 0.1) is 0 Å². The van der Waals surface area contributed by atoms with E-state index >= 15 is 0 Å². The smallest absolute Gasteiger partial charge is 0.295 e. The zero-order valence-corrected chi connectivity index (χ0v) is 18.0. The molecule has 0 bridgehead atoms. The van der Waals surface area contributed by atoms with Crippen molar-refractivity contribution in [2.24, 2.45) is 0 Å². The molecule has 0 fully saturated rings. The summed E-state index contributed by atoms with van der Waals surface area (Å²) in [6.45, 7) is -0.832. The molecule has 0 spiro atoms. The van der Waals surface area contributed by atoms with E-state index in [9.17, 15) is 14.5 Å². The summed E-state index contributed by atoms with van der Waals surface area (Å²) in [6.07, 6.45) is 0.326. The minimum Gasteiger partial charge on any atom is -0.295 e. The number of nitrogens with zero attached hydrogens (tertiary/aromatic N) is 1. The number of Topliss-reactive ketones (excluding diaryl/α,β-unsaturated/α-hetero) is 2. The Hall–Kier alpha value is -1.56. The van der Waals surface area contributed by atoms with Gasteiger partial charge in [0.15, 0.2) is 11.6 Å². The lowest BCUT2D eigenvalue weighted by Gasteiger charge is -2.00. The molecule has 2 rings (SSSR count). The summed E-state index contributed by atoms with van der Waals surface area (Å²) in [5.41, 5.74) is 1.68. The highest BCUT2D eigenvalue weighted by molar-refractivity contribution is 14.1. The van der Waals surface area contributed by atoms with E-state index < -0.39 is 13.2 Å². The van der Waals surface area contributed by atoms with Gasteiger partial charge in [0.2, 0.25) is 13.2 Å². The van der Waals surface area contributed by atoms with E-state index in [-0.39, 0.29) is 29.5 Å². The van der Waals surface area contributed by atoms with Crippen LogP contribution in [-0.4, -0.2) is 29.9 Å². The van der Waals surface area contributed by atoms with E-state index in [1.807, 2.05) is 48.5 Å². The Bertz CT molecular complexity index is 710. The lowest BCUT2D eigenvalue weighted by molar-refractivity contribution is -0.977. The predicted molar refractivity (Wildman–Crippen MR) is 111 cm³/mol. The number of ketones is 2. The molecule has 0 amide bonds. The van der Waals surface area contributed by atoms with Gasteiger partial charge in [-0.15, -0.1) is 0 Å². The Labute approximate surface area is 178 Å². The first kappa shape index (κ1) is 20.7. The average molecular weight is 580 g/mol. The maximum absolute atomic E-state index is 11.8. The van der Waals surface area contributed by atoms with Gasteiger partial charge in [-0.3, -0.25) is 9.59 Å². The third-order valence-corrected chi connectivity index (χ3v) is 4.73. The zero-order valence-electron chi connectivity index (χ0n) is 13.7. The van der Waals surface area contributed by atoms with Gasteiger partial charge in [-0.25, -0.2) is 0 Å². The fourth-order valence-corrected chi connectivity index (χ4v) is 2.77. The Morgan fingerprint density at radius 1 is 0.731 bits per heavy atom. The number of rotatable bonds is 10. The van der Waals surface area contributed by atoms with Crippen molar-refractivity contribution in [2.45, 2.75) is 12.8 Å². The van der Waals surface area contributed by atoms with Gasteiger partial charge in [-0.2, -0.15) is 9.68 Å². The molecule has 0 N–H and O–H groups in total. The molecule has 0 radical (unpaired) electrons. The molecule has 6 nitrogen and oxygen atoms in total. The minimum atomic E-state index is -0.416. The van der Waals surface area contributed by atoms with Crippen molar-refractivity contribution in [2.75, 3.05) is 13.2 Å². The number of halogens is 2. The van der Waals surface area contributed by atoms with Gasteiger partial charge in [-0.05, 0) is 80.6 Å². The van der Waals surface area contributed by atoms with Crippen LogP contribution in [0.5, 0.6) is 0 Å². The van der Waals surface area contributed by atoms with Crippen molar-refractivity contribution in [1.82, 2.24) is 0 Å². The summed E-state index contributed by atoms with van der Waals surface area (Å²) in [4.78, 5) is 44.3. The Kier molecular flexibility index (Phi) is 8.42. The molecule has 26 heavy (non-hydrogen) atoms. The Morgan fingerprint density at radius 2 is 1.08 bits per heavy atom. The number of hydrogen-bond donors (Lipinski definition) is 0. The van der Waals surface area contributed by atoms with Crippen molar-refractivity contribution in [3.63, 3.8) is 0 Å². The van der Waals surface area contributed by atoms with Gasteiger partial charge in [-0.1, -0.05) is 24.3 Å². The van der Waals surface area contributed by atoms with Crippen LogP contribution >= 0.6 is 45.2 Å². The standard InChI is InChI=1S/C18H16I2NO5/c19-15-5-1-13(2-6-15)9-17(22)11-25-21(24)26-12-18(23)10-14-3-7-16(20)8-4-14/h1-8H,9-12H2/q+1. The second-order valence-corrected chi connectivity index (χ2v) is 7.95. The first-order chi connectivity index (χ1) is 12.4. The quantitative estimate of drug-likeness (QED) is 0.318. The molecule has 0 heterocycles. The van der Waals surface area contributed by atoms with Gasteiger partial charge < -0.3 is 0 Å². The molecular weight excluding hydrogens is 564 g/mol. The highest BCUT2D eigenvalue weighted by Crippen LogP contribution is 2.08. The molecule has 2 aromatic rings. The van der Waals surface area contributed by atoms with E-state index in [0.717, 1.165) is 18.3 Å². The lowest BCUT2D eigenvalue weighted by atomic mass is 10.1. The minimum absolute atomic E-state index is 0.163. The molecule has 0 aromatic heterocycles. The number of carbonyl (C=O) groups excluding carboxylic acids is 2. The molecule has 136 valence electrons. The molecule has 0 unspecified atom stereocenters. The predicted octanol–water partition coefficient (Wildman–Crippen LogP) is 3.46. The highest BCUT2D eigenvalue weighted by atomic mass is 127. The summed E-state index contributed by atoms with van der Waals surface area (Å²) in [5.74, 6) is -0.526. The SMILES string of the molecule is O=C(CO[N+](=O)OCC(=O)Cc1ccc(I)cc1)Cc1ccc(I)cc1. The fourth-order valence-electron chi connectivity index (χ4n) is 2.05.